The summed E-state index contributed by atoms with van der Waals surface area (Å²) in [6.45, 7) is 7.15. The number of nitrogens with two attached hydrogens (primary N) is 1. The van der Waals surface area contributed by atoms with E-state index in [1.165, 1.54) is 4.90 Å². The average Bonchev–Trinajstić information content (AvgIpc) is 3.24. The number of halogens is 1. The van der Waals surface area contributed by atoms with Crippen molar-refractivity contribution in [2.45, 2.75) is 57.8 Å². The fourth-order valence-electron chi connectivity index (χ4n) is 5.15. The molecule has 0 aliphatic carbocycles. The Morgan fingerprint density at radius 2 is 1.96 bits per heavy atom. The maximum absolute atomic E-state index is 13.4. The van der Waals surface area contributed by atoms with E-state index in [-0.39, 0.29) is 23.8 Å². The van der Waals surface area contributed by atoms with Crippen molar-refractivity contribution in [3.8, 4) is 0 Å². The number of likely N-dealkylation sites (tertiary alicyclic amines) is 1. The molecular formula is C20H25ClN3O4+. The molecule has 3 aliphatic heterocycles. The smallest absolute Gasteiger partial charge is 0.291 e. The van der Waals surface area contributed by atoms with Crippen LogP contribution in [0.2, 0.25) is 5.02 Å². The number of carbonyl (C=O) groups is 3. The largest absolute Gasteiger partial charge is 0.387 e. The molecule has 0 radical (unpaired) electrons. The van der Waals surface area contributed by atoms with E-state index in [4.69, 9.17) is 11.6 Å². The fourth-order valence-corrected chi connectivity index (χ4v) is 5.31. The van der Waals surface area contributed by atoms with Gasteiger partial charge in [-0.25, -0.2) is 0 Å². The number of anilines is 1. The third-order valence-corrected chi connectivity index (χ3v) is 7.20. The Balaban J connectivity index is 1.93. The molecule has 3 heterocycles. The number of aliphatic hydroxyl groups excluding tert-OH is 1. The zero-order valence-electron chi connectivity index (χ0n) is 16.3. The molecule has 3 amide bonds. The van der Waals surface area contributed by atoms with Gasteiger partial charge in [-0.1, -0.05) is 18.5 Å². The molecule has 4 N–H and O–H groups in total. The quantitative estimate of drug-likeness (QED) is 0.637. The lowest BCUT2D eigenvalue weighted by Gasteiger charge is -2.29. The number of fused-ring (bicyclic) bond motifs is 4. The highest BCUT2D eigenvalue weighted by atomic mass is 35.5. The van der Waals surface area contributed by atoms with Crippen molar-refractivity contribution in [2.75, 3.05) is 5.32 Å². The van der Waals surface area contributed by atoms with Crippen LogP contribution in [0.4, 0.5) is 5.69 Å². The van der Waals surface area contributed by atoms with Gasteiger partial charge in [0.15, 0.2) is 0 Å². The molecule has 7 nitrogen and oxygen atoms in total. The Morgan fingerprint density at radius 3 is 2.57 bits per heavy atom. The minimum absolute atomic E-state index is 0.256. The summed E-state index contributed by atoms with van der Waals surface area (Å²) in [7, 11) is 0. The number of imide groups is 1. The van der Waals surface area contributed by atoms with E-state index in [9.17, 15) is 19.5 Å². The van der Waals surface area contributed by atoms with Crippen LogP contribution in [0.15, 0.2) is 12.1 Å². The number of carbonyl (C=O) groups excluding carboxylic acids is 3. The number of benzene rings is 1. The summed E-state index contributed by atoms with van der Waals surface area (Å²) < 4.78 is 0. The minimum Gasteiger partial charge on any atom is -0.387 e. The topological polar surface area (TPSA) is 103 Å². The van der Waals surface area contributed by atoms with Crippen LogP contribution in [-0.4, -0.2) is 45.9 Å². The van der Waals surface area contributed by atoms with E-state index >= 15 is 0 Å². The monoisotopic (exact) mass is 406 g/mol. The third-order valence-electron chi connectivity index (χ3n) is 6.79. The highest BCUT2D eigenvalue weighted by Crippen LogP contribution is 2.51. The average molecular weight is 407 g/mol. The molecule has 0 aromatic heterocycles. The molecule has 2 fully saturated rings. The number of aliphatic hydroxyl groups is 1. The van der Waals surface area contributed by atoms with Crippen LogP contribution in [0.3, 0.4) is 0 Å². The number of hydrogen-bond acceptors (Lipinski definition) is 4. The second-order valence-corrected chi connectivity index (χ2v) is 8.62. The molecule has 1 spiro atoms. The number of rotatable bonds is 3. The molecule has 6 atom stereocenters. The van der Waals surface area contributed by atoms with Crippen molar-refractivity contribution in [1.29, 1.82) is 0 Å². The summed E-state index contributed by atoms with van der Waals surface area (Å²) in [6, 6.07) is 2.63. The lowest BCUT2D eigenvalue weighted by atomic mass is 9.76. The van der Waals surface area contributed by atoms with Gasteiger partial charge in [0.2, 0.25) is 17.4 Å². The Labute approximate surface area is 168 Å². The number of nitrogens with zero attached hydrogens (tertiary/aromatic N) is 1. The predicted octanol–water partition coefficient (Wildman–Crippen LogP) is 0.522. The van der Waals surface area contributed by atoms with Crippen LogP contribution < -0.4 is 10.6 Å². The lowest BCUT2D eigenvalue weighted by molar-refractivity contribution is -0.738. The first-order chi connectivity index (χ1) is 13.2. The van der Waals surface area contributed by atoms with Crippen LogP contribution in [0, 0.1) is 18.8 Å². The zero-order valence-corrected chi connectivity index (χ0v) is 17.1. The van der Waals surface area contributed by atoms with Crippen LogP contribution in [0.1, 0.15) is 38.3 Å². The van der Waals surface area contributed by atoms with Gasteiger partial charge in [-0.2, -0.15) is 0 Å². The van der Waals surface area contributed by atoms with Gasteiger partial charge in [0.25, 0.3) is 5.91 Å². The van der Waals surface area contributed by atoms with Crippen LogP contribution in [-0.2, 0) is 19.9 Å². The Kier molecular flexibility index (Phi) is 4.34. The normalized spacial score (nSPS) is 33.3. The van der Waals surface area contributed by atoms with Crippen molar-refractivity contribution in [3.05, 3.63) is 28.3 Å². The molecule has 0 unspecified atom stereocenters. The van der Waals surface area contributed by atoms with Gasteiger partial charge in [0, 0.05) is 16.6 Å². The maximum Gasteiger partial charge on any atom is 0.291 e. The maximum atomic E-state index is 13.4. The second-order valence-electron chi connectivity index (χ2n) is 8.21. The number of nitrogens with one attached hydrogen (secondary N) is 1. The van der Waals surface area contributed by atoms with Crippen molar-refractivity contribution in [2.24, 2.45) is 11.8 Å². The molecule has 1 aromatic rings. The van der Waals surface area contributed by atoms with Gasteiger partial charge in [-0.05, 0) is 44.9 Å². The van der Waals surface area contributed by atoms with Gasteiger partial charge in [0.1, 0.15) is 24.0 Å². The summed E-state index contributed by atoms with van der Waals surface area (Å²) in [5, 5.41) is 15.5. The summed E-state index contributed by atoms with van der Waals surface area (Å²) in [5.74, 6) is -2.56. The number of hydrogen-bond donors (Lipinski definition) is 3. The minimum atomic E-state index is -1.27. The van der Waals surface area contributed by atoms with Crippen molar-refractivity contribution >= 4 is 35.0 Å². The summed E-state index contributed by atoms with van der Waals surface area (Å²) in [5.41, 5.74) is 0.711. The Bertz CT molecular complexity index is 902. The second kappa shape index (κ2) is 6.27. The molecule has 2 saturated heterocycles. The lowest BCUT2D eigenvalue weighted by Crippen LogP contribution is -3.00. The van der Waals surface area contributed by atoms with Crippen molar-refractivity contribution in [1.82, 2.24) is 4.90 Å². The molecule has 150 valence electrons. The Morgan fingerprint density at radius 1 is 1.29 bits per heavy atom. The molecule has 8 heteroatoms. The number of quaternary nitrogens is 1. The number of amides is 3. The van der Waals surface area contributed by atoms with E-state index in [2.05, 4.69) is 5.32 Å². The summed E-state index contributed by atoms with van der Waals surface area (Å²) in [4.78, 5) is 41.2. The molecular weight excluding hydrogens is 382 g/mol. The van der Waals surface area contributed by atoms with E-state index < -0.39 is 29.5 Å². The SMILES string of the molecule is CC[C@H](C)N1C(=O)[C@@H]2[C@@H]([C@@H](C)O)[NH2+][C@]3(C(=O)Nc4c3ccc(Cl)c4C)[C@@H]2C1=O. The fraction of sp³-hybridized carbons (Fsp3) is 0.550. The predicted molar refractivity (Wildman–Crippen MR) is 102 cm³/mol. The van der Waals surface area contributed by atoms with Crippen molar-refractivity contribution < 1.29 is 24.8 Å². The third kappa shape index (κ3) is 2.21. The van der Waals surface area contributed by atoms with Crippen molar-refractivity contribution in [3.63, 3.8) is 0 Å². The zero-order chi connectivity index (χ0) is 20.5. The highest BCUT2D eigenvalue weighted by molar-refractivity contribution is 6.32. The van der Waals surface area contributed by atoms with E-state index in [0.29, 0.717) is 22.7 Å². The van der Waals surface area contributed by atoms with Crippen LogP contribution in [0.25, 0.3) is 0 Å². The standard InChI is InChI=1S/C20H24ClN3O4/c1-5-8(2)24-17(26)13-14(18(24)27)20(23-16(13)10(4)25)11-6-7-12(21)9(3)15(11)22-19(20)28/h6-8,10,13-14,16,23,25H,5H2,1-4H3,(H,22,28)/p+1/t8-,10+,13-,14-,16+,20-/m0/s1. The first kappa shape index (κ1) is 19.4. The van der Waals surface area contributed by atoms with Gasteiger partial charge in [-0.3, -0.25) is 19.3 Å². The van der Waals surface area contributed by atoms with Gasteiger partial charge >= 0.3 is 0 Å². The van der Waals surface area contributed by atoms with Gasteiger partial charge < -0.3 is 15.7 Å². The molecule has 0 saturated carbocycles. The van der Waals surface area contributed by atoms with Crippen LogP contribution >= 0.6 is 11.6 Å². The van der Waals surface area contributed by atoms with Gasteiger partial charge in [0.05, 0.1) is 5.69 Å². The Hall–Kier alpha value is -1.96. The first-order valence-electron chi connectivity index (χ1n) is 9.68. The highest BCUT2D eigenvalue weighted by Gasteiger charge is 2.75. The van der Waals surface area contributed by atoms with E-state index in [0.717, 1.165) is 5.56 Å². The molecule has 3 aliphatic rings. The summed E-state index contributed by atoms with van der Waals surface area (Å²) >= 11 is 6.23. The molecule has 4 rings (SSSR count). The van der Waals surface area contributed by atoms with Crippen LogP contribution in [0.5, 0.6) is 0 Å². The summed E-state index contributed by atoms with van der Waals surface area (Å²) in [6.07, 6.45) is -0.226. The first-order valence-corrected chi connectivity index (χ1v) is 10.1. The molecule has 0 bridgehead atoms. The van der Waals surface area contributed by atoms with E-state index in [1.54, 1.807) is 24.4 Å². The molecule has 28 heavy (non-hydrogen) atoms. The van der Waals surface area contributed by atoms with Gasteiger partial charge in [-0.15, -0.1) is 0 Å². The van der Waals surface area contributed by atoms with E-state index in [1.807, 2.05) is 20.8 Å². The molecule has 1 aromatic carbocycles.